The van der Waals surface area contributed by atoms with Crippen molar-refractivity contribution < 1.29 is 18.0 Å². The molecular formula is C13H17NO4S. The molecule has 0 unspecified atom stereocenters. The van der Waals surface area contributed by atoms with E-state index in [4.69, 9.17) is 0 Å². The van der Waals surface area contributed by atoms with Gasteiger partial charge in [0.15, 0.2) is 9.84 Å². The molecule has 0 saturated heterocycles. The Morgan fingerprint density at radius 2 is 1.95 bits per heavy atom. The topological polar surface area (TPSA) is 80.3 Å². The van der Waals surface area contributed by atoms with Gasteiger partial charge in [0.05, 0.1) is 5.75 Å². The molecule has 0 heterocycles. The molecular weight excluding hydrogens is 266 g/mol. The van der Waals surface area contributed by atoms with Crippen molar-refractivity contribution in [2.75, 3.05) is 16.8 Å². The van der Waals surface area contributed by atoms with Crippen LogP contribution < -0.4 is 5.32 Å². The van der Waals surface area contributed by atoms with Gasteiger partial charge >= 0.3 is 0 Å². The van der Waals surface area contributed by atoms with Gasteiger partial charge in [-0.25, -0.2) is 8.42 Å². The first kappa shape index (κ1) is 15.4. The summed E-state index contributed by atoms with van der Waals surface area (Å²) in [7, 11) is -3.54. The monoisotopic (exact) mass is 283 g/mol. The Balaban J connectivity index is 2.58. The highest BCUT2D eigenvalue weighted by atomic mass is 32.2. The fourth-order valence-corrected chi connectivity index (χ4v) is 2.71. The molecule has 0 atom stereocenters. The van der Waals surface area contributed by atoms with Crippen molar-refractivity contribution in [3.63, 3.8) is 0 Å². The number of Topliss-reactive ketones (excluding diaryl/α,β-unsaturated/α-hetero) is 1. The lowest BCUT2D eigenvalue weighted by atomic mass is 10.2. The first-order valence-electron chi connectivity index (χ1n) is 5.85. The lowest BCUT2D eigenvalue weighted by Crippen LogP contribution is -2.25. The molecule has 1 amide bonds. The van der Waals surface area contributed by atoms with E-state index in [9.17, 15) is 18.0 Å². The highest BCUT2D eigenvalue weighted by molar-refractivity contribution is 7.92. The first-order valence-corrected chi connectivity index (χ1v) is 7.67. The number of rotatable bonds is 6. The molecule has 1 rings (SSSR count). The standard InChI is InChI=1S/C13H17NO4S/c1-10-4-3-5-12(8-10)14-13(16)9-19(17,18)7-6-11(2)15/h3-5,8H,6-7,9H2,1-2H3,(H,14,16). The first-order chi connectivity index (χ1) is 8.78. The van der Waals surface area contributed by atoms with E-state index in [1.807, 2.05) is 13.0 Å². The number of nitrogens with one attached hydrogen (secondary N) is 1. The van der Waals surface area contributed by atoms with Gasteiger partial charge in [0, 0.05) is 12.1 Å². The summed E-state index contributed by atoms with van der Waals surface area (Å²) in [4.78, 5) is 22.3. The zero-order chi connectivity index (χ0) is 14.5. The Hall–Kier alpha value is -1.69. The molecule has 5 nitrogen and oxygen atoms in total. The minimum Gasteiger partial charge on any atom is -0.325 e. The molecule has 0 spiro atoms. The van der Waals surface area contributed by atoms with Crippen LogP contribution in [0.4, 0.5) is 5.69 Å². The Morgan fingerprint density at radius 1 is 1.26 bits per heavy atom. The van der Waals surface area contributed by atoms with E-state index >= 15 is 0 Å². The van der Waals surface area contributed by atoms with Crippen LogP contribution in [0.3, 0.4) is 0 Å². The Labute approximate surface area is 112 Å². The number of hydrogen-bond acceptors (Lipinski definition) is 4. The molecule has 0 fully saturated rings. The third-order valence-electron chi connectivity index (χ3n) is 2.42. The van der Waals surface area contributed by atoms with Gasteiger partial charge in [-0.2, -0.15) is 0 Å². The van der Waals surface area contributed by atoms with E-state index in [-0.39, 0.29) is 18.0 Å². The van der Waals surface area contributed by atoms with Crippen LogP contribution in [0.25, 0.3) is 0 Å². The number of carbonyl (C=O) groups excluding carboxylic acids is 2. The molecule has 0 aliphatic rings. The third-order valence-corrected chi connectivity index (χ3v) is 3.95. The van der Waals surface area contributed by atoms with Crippen LogP contribution in [0, 0.1) is 6.92 Å². The Kier molecular flexibility index (Phi) is 5.23. The lowest BCUT2D eigenvalue weighted by molar-refractivity contribution is -0.117. The predicted octanol–water partition coefficient (Wildman–Crippen LogP) is 1.33. The average Bonchev–Trinajstić information content (AvgIpc) is 2.25. The normalized spacial score (nSPS) is 11.1. The van der Waals surface area contributed by atoms with Gasteiger partial charge in [0.2, 0.25) is 5.91 Å². The summed E-state index contributed by atoms with van der Waals surface area (Å²) in [5.41, 5.74) is 1.53. The average molecular weight is 283 g/mol. The van der Waals surface area contributed by atoms with Crippen LogP contribution in [0.15, 0.2) is 24.3 Å². The number of benzene rings is 1. The molecule has 0 aromatic heterocycles. The summed E-state index contributed by atoms with van der Waals surface area (Å²) in [5.74, 6) is -1.69. The number of sulfone groups is 1. The van der Waals surface area contributed by atoms with E-state index in [0.29, 0.717) is 5.69 Å². The molecule has 104 valence electrons. The molecule has 6 heteroatoms. The molecule has 1 aromatic rings. The van der Waals surface area contributed by atoms with Gasteiger partial charge in [0.25, 0.3) is 0 Å². The Bertz CT molecular complexity index is 578. The van der Waals surface area contributed by atoms with Crippen LogP contribution in [0.2, 0.25) is 0 Å². The van der Waals surface area contributed by atoms with Crippen molar-refractivity contribution in [3.8, 4) is 0 Å². The van der Waals surface area contributed by atoms with E-state index in [1.54, 1.807) is 18.2 Å². The zero-order valence-electron chi connectivity index (χ0n) is 11.0. The smallest absolute Gasteiger partial charge is 0.239 e. The second-order valence-electron chi connectivity index (χ2n) is 4.46. The van der Waals surface area contributed by atoms with Gasteiger partial charge < -0.3 is 5.32 Å². The van der Waals surface area contributed by atoms with Crippen molar-refractivity contribution in [1.82, 2.24) is 0 Å². The number of amides is 1. The van der Waals surface area contributed by atoms with Gasteiger partial charge in [-0.1, -0.05) is 12.1 Å². The van der Waals surface area contributed by atoms with Crippen molar-refractivity contribution in [2.45, 2.75) is 20.3 Å². The quantitative estimate of drug-likeness (QED) is 0.854. The highest BCUT2D eigenvalue weighted by Crippen LogP contribution is 2.09. The van der Waals surface area contributed by atoms with Crippen molar-refractivity contribution in [1.29, 1.82) is 0 Å². The fourth-order valence-electron chi connectivity index (χ4n) is 1.49. The van der Waals surface area contributed by atoms with Gasteiger partial charge in [-0.05, 0) is 31.5 Å². The maximum atomic E-state index is 11.6. The van der Waals surface area contributed by atoms with E-state index in [0.717, 1.165) is 5.56 Å². The summed E-state index contributed by atoms with van der Waals surface area (Å²) in [6.07, 6.45) is -0.0555. The number of anilines is 1. The SMILES string of the molecule is CC(=O)CCS(=O)(=O)CC(=O)Nc1cccc(C)c1. The van der Waals surface area contributed by atoms with Crippen molar-refractivity contribution in [3.05, 3.63) is 29.8 Å². The second-order valence-corrected chi connectivity index (χ2v) is 6.65. The maximum absolute atomic E-state index is 11.6. The van der Waals surface area contributed by atoms with Crippen LogP contribution >= 0.6 is 0 Å². The second kappa shape index (κ2) is 6.47. The summed E-state index contributed by atoms with van der Waals surface area (Å²) in [5, 5.41) is 2.52. The number of ketones is 1. The summed E-state index contributed by atoms with van der Waals surface area (Å²) < 4.78 is 23.2. The molecule has 19 heavy (non-hydrogen) atoms. The van der Waals surface area contributed by atoms with E-state index in [1.165, 1.54) is 6.92 Å². The highest BCUT2D eigenvalue weighted by Gasteiger charge is 2.17. The number of carbonyl (C=O) groups is 2. The van der Waals surface area contributed by atoms with Crippen molar-refractivity contribution >= 4 is 27.2 Å². The molecule has 1 N–H and O–H groups in total. The molecule has 0 bridgehead atoms. The molecule has 0 saturated carbocycles. The molecule has 0 radical (unpaired) electrons. The van der Waals surface area contributed by atoms with E-state index in [2.05, 4.69) is 5.32 Å². The maximum Gasteiger partial charge on any atom is 0.239 e. The van der Waals surface area contributed by atoms with Crippen LogP contribution in [-0.2, 0) is 19.4 Å². The summed E-state index contributed by atoms with van der Waals surface area (Å²) in [6.45, 7) is 3.20. The van der Waals surface area contributed by atoms with Crippen LogP contribution in [0.5, 0.6) is 0 Å². The third kappa shape index (κ3) is 6.15. The van der Waals surface area contributed by atoms with Gasteiger partial charge in [-0.3, -0.25) is 9.59 Å². The lowest BCUT2D eigenvalue weighted by Gasteiger charge is -2.06. The zero-order valence-corrected chi connectivity index (χ0v) is 11.8. The summed E-state index contributed by atoms with van der Waals surface area (Å²) >= 11 is 0. The molecule has 0 aliphatic heterocycles. The van der Waals surface area contributed by atoms with Gasteiger partial charge in [-0.15, -0.1) is 0 Å². The molecule has 1 aromatic carbocycles. The summed E-state index contributed by atoms with van der Waals surface area (Å²) in [6, 6.07) is 7.08. The van der Waals surface area contributed by atoms with Gasteiger partial charge in [0.1, 0.15) is 11.5 Å². The minimum absolute atomic E-state index is 0.0555. The van der Waals surface area contributed by atoms with Crippen LogP contribution in [-0.4, -0.2) is 31.6 Å². The van der Waals surface area contributed by atoms with Crippen LogP contribution in [0.1, 0.15) is 18.9 Å². The minimum atomic E-state index is -3.54. The Morgan fingerprint density at radius 3 is 2.53 bits per heavy atom. The molecule has 0 aliphatic carbocycles. The largest absolute Gasteiger partial charge is 0.325 e. The fraction of sp³-hybridized carbons (Fsp3) is 0.385. The predicted molar refractivity (Wildman–Crippen MR) is 73.8 cm³/mol. The number of hydrogen-bond donors (Lipinski definition) is 1. The van der Waals surface area contributed by atoms with Crippen molar-refractivity contribution in [2.24, 2.45) is 0 Å². The van der Waals surface area contributed by atoms with E-state index < -0.39 is 21.5 Å². The number of aryl methyl sites for hydroxylation is 1.